The van der Waals surface area contributed by atoms with Gasteiger partial charge in [0.2, 0.25) is 0 Å². The number of hydrogen-bond donors (Lipinski definition) is 1. The molecular formula is C14H15BrClNS. The van der Waals surface area contributed by atoms with Gasteiger partial charge in [-0.05, 0) is 41.4 Å². The van der Waals surface area contributed by atoms with Crippen LogP contribution >= 0.6 is 38.9 Å². The molecule has 1 atom stereocenters. The van der Waals surface area contributed by atoms with E-state index < -0.39 is 0 Å². The first-order chi connectivity index (χ1) is 8.56. The fourth-order valence-corrected chi connectivity index (χ4v) is 3.45. The van der Waals surface area contributed by atoms with Gasteiger partial charge in [-0.25, -0.2) is 0 Å². The average Bonchev–Trinajstić information content (AvgIpc) is 2.67. The van der Waals surface area contributed by atoms with Gasteiger partial charge in [-0.15, -0.1) is 11.3 Å². The Morgan fingerprint density at radius 1 is 1.33 bits per heavy atom. The van der Waals surface area contributed by atoms with Crippen LogP contribution in [0.25, 0.3) is 0 Å². The Bertz CT molecular complexity index is 502. The van der Waals surface area contributed by atoms with E-state index >= 15 is 0 Å². The van der Waals surface area contributed by atoms with Crippen molar-refractivity contribution in [1.82, 2.24) is 5.32 Å². The van der Waals surface area contributed by atoms with E-state index in [1.54, 1.807) is 11.3 Å². The Kier molecular flexibility index (Phi) is 4.84. The van der Waals surface area contributed by atoms with Gasteiger partial charge in [0.25, 0.3) is 0 Å². The van der Waals surface area contributed by atoms with Crippen molar-refractivity contribution in [3.05, 3.63) is 55.1 Å². The number of benzene rings is 1. The Labute approximate surface area is 125 Å². The number of thiophene rings is 1. The van der Waals surface area contributed by atoms with Crippen molar-refractivity contribution < 1.29 is 0 Å². The summed E-state index contributed by atoms with van der Waals surface area (Å²) in [6.07, 6.45) is 0. The van der Waals surface area contributed by atoms with Gasteiger partial charge in [0.05, 0.1) is 0 Å². The van der Waals surface area contributed by atoms with Crippen LogP contribution < -0.4 is 5.32 Å². The van der Waals surface area contributed by atoms with Crippen molar-refractivity contribution in [1.29, 1.82) is 0 Å². The molecule has 0 aliphatic carbocycles. The predicted molar refractivity (Wildman–Crippen MR) is 83.5 cm³/mol. The second kappa shape index (κ2) is 6.20. The van der Waals surface area contributed by atoms with Gasteiger partial charge in [0, 0.05) is 21.9 Å². The largest absolute Gasteiger partial charge is 0.305 e. The normalized spacial score (nSPS) is 12.7. The summed E-state index contributed by atoms with van der Waals surface area (Å²) < 4.78 is 1.80. The summed E-state index contributed by atoms with van der Waals surface area (Å²) in [7, 11) is 0. The second-order valence-corrected chi connectivity index (χ2v) is 6.94. The van der Waals surface area contributed by atoms with Crippen LogP contribution in [0.4, 0.5) is 0 Å². The van der Waals surface area contributed by atoms with Crippen LogP contribution in [0.2, 0.25) is 4.34 Å². The number of nitrogens with one attached hydrogen (secondary N) is 1. The van der Waals surface area contributed by atoms with Gasteiger partial charge in [-0.1, -0.05) is 41.4 Å². The van der Waals surface area contributed by atoms with Crippen molar-refractivity contribution in [3.8, 4) is 0 Å². The highest BCUT2D eigenvalue weighted by molar-refractivity contribution is 9.10. The molecule has 0 amide bonds. The van der Waals surface area contributed by atoms with E-state index in [0.717, 1.165) is 15.4 Å². The molecule has 1 nitrogen and oxygen atoms in total. The molecule has 0 aliphatic rings. The minimum atomic E-state index is 0.338. The van der Waals surface area contributed by atoms with Crippen LogP contribution in [0, 0.1) is 6.92 Å². The molecule has 1 aromatic carbocycles. The van der Waals surface area contributed by atoms with Gasteiger partial charge < -0.3 is 5.32 Å². The zero-order valence-corrected chi connectivity index (χ0v) is 13.5. The maximum Gasteiger partial charge on any atom is 0.107 e. The summed E-state index contributed by atoms with van der Waals surface area (Å²) >= 11 is 11.1. The lowest BCUT2D eigenvalue weighted by Crippen LogP contribution is -2.17. The van der Waals surface area contributed by atoms with E-state index in [1.165, 1.54) is 16.0 Å². The molecule has 2 aromatic rings. The molecule has 2 rings (SSSR count). The molecule has 18 heavy (non-hydrogen) atoms. The van der Waals surface area contributed by atoms with Crippen LogP contribution in [-0.2, 0) is 6.54 Å². The molecule has 0 radical (unpaired) electrons. The summed E-state index contributed by atoms with van der Waals surface area (Å²) in [4.78, 5) is 1.24. The summed E-state index contributed by atoms with van der Waals surface area (Å²) in [5.74, 6) is 0. The highest BCUT2D eigenvalue weighted by atomic mass is 79.9. The fraction of sp³-hybridized carbons (Fsp3) is 0.286. The molecule has 1 heterocycles. The smallest absolute Gasteiger partial charge is 0.107 e. The molecule has 1 N–H and O–H groups in total. The first kappa shape index (κ1) is 14.1. The molecule has 0 bridgehead atoms. The number of aryl methyl sites for hydroxylation is 1. The fourth-order valence-electron chi connectivity index (χ4n) is 1.71. The maximum atomic E-state index is 6.02. The molecule has 0 saturated carbocycles. The second-order valence-electron chi connectivity index (χ2n) is 4.35. The molecule has 0 unspecified atom stereocenters. The average molecular weight is 345 g/mol. The van der Waals surface area contributed by atoms with Crippen molar-refractivity contribution in [3.63, 3.8) is 0 Å². The van der Waals surface area contributed by atoms with Crippen LogP contribution in [0.15, 0.2) is 34.8 Å². The standard InChI is InChI=1S/C14H15BrClNS/c1-9-3-5-11(6-4-9)10(2)17-8-12-7-13(15)14(16)18-12/h3-7,10,17H,8H2,1-2H3/t10-/m1/s1. The summed E-state index contributed by atoms with van der Waals surface area (Å²) in [5, 5.41) is 3.51. The van der Waals surface area contributed by atoms with Gasteiger partial charge in [0.1, 0.15) is 4.34 Å². The topological polar surface area (TPSA) is 12.0 Å². The highest BCUT2D eigenvalue weighted by Crippen LogP contribution is 2.32. The Balaban J connectivity index is 1.95. The third-order valence-corrected chi connectivity index (χ3v) is 5.33. The van der Waals surface area contributed by atoms with Crippen molar-refractivity contribution in [2.75, 3.05) is 0 Å². The number of hydrogen-bond acceptors (Lipinski definition) is 2. The quantitative estimate of drug-likeness (QED) is 0.791. The van der Waals surface area contributed by atoms with E-state index in [2.05, 4.69) is 65.4 Å². The summed E-state index contributed by atoms with van der Waals surface area (Å²) in [5.41, 5.74) is 2.60. The lowest BCUT2D eigenvalue weighted by Gasteiger charge is -2.13. The van der Waals surface area contributed by atoms with E-state index in [-0.39, 0.29) is 0 Å². The van der Waals surface area contributed by atoms with Gasteiger partial charge in [-0.3, -0.25) is 0 Å². The predicted octanol–water partition coefficient (Wildman–Crippen LogP) is 5.32. The SMILES string of the molecule is Cc1ccc([C@@H](C)NCc2cc(Br)c(Cl)s2)cc1. The molecule has 96 valence electrons. The number of halogens is 2. The van der Waals surface area contributed by atoms with Crippen molar-refractivity contribution in [2.45, 2.75) is 26.4 Å². The molecule has 0 spiro atoms. The van der Waals surface area contributed by atoms with Crippen molar-refractivity contribution >= 4 is 38.9 Å². The van der Waals surface area contributed by atoms with E-state index in [0.29, 0.717) is 6.04 Å². The third kappa shape index (κ3) is 3.58. The van der Waals surface area contributed by atoms with E-state index in [1.807, 2.05) is 0 Å². The molecule has 0 saturated heterocycles. The Morgan fingerprint density at radius 3 is 2.56 bits per heavy atom. The van der Waals surface area contributed by atoms with Crippen LogP contribution in [0.3, 0.4) is 0 Å². The first-order valence-corrected chi connectivity index (χ1v) is 7.78. The Morgan fingerprint density at radius 2 is 2.00 bits per heavy atom. The number of rotatable bonds is 4. The first-order valence-electron chi connectivity index (χ1n) is 5.80. The highest BCUT2D eigenvalue weighted by Gasteiger charge is 2.07. The zero-order chi connectivity index (χ0) is 13.1. The van der Waals surface area contributed by atoms with E-state index in [4.69, 9.17) is 11.6 Å². The molecular weight excluding hydrogens is 330 g/mol. The Hall–Kier alpha value is -0.350. The summed E-state index contributed by atoms with van der Waals surface area (Å²) in [6, 6.07) is 11.0. The lowest BCUT2D eigenvalue weighted by atomic mass is 10.1. The van der Waals surface area contributed by atoms with Crippen molar-refractivity contribution in [2.24, 2.45) is 0 Å². The van der Waals surface area contributed by atoms with E-state index in [9.17, 15) is 0 Å². The minimum Gasteiger partial charge on any atom is -0.305 e. The maximum absolute atomic E-state index is 6.02. The molecule has 0 fully saturated rings. The zero-order valence-electron chi connectivity index (χ0n) is 10.3. The molecule has 4 heteroatoms. The minimum absolute atomic E-state index is 0.338. The monoisotopic (exact) mass is 343 g/mol. The molecule has 0 aliphatic heterocycles. The van der Waals surface area contributed by atoms with Gasteiger partial charge in [0.15, 0.2) is 0 Å². The van der Waals surface area contributed by atoms with Gasteiger partial charge >= 0.3 is 0 Å². The lowest BCUT2D eigenvalue weighted by molar-refractivity contribution is 0.579. The van der Waals surface area contributed by atoms with Crippen LogP contribution in [0.1, 0.15) is 29.0 Å². The third-order valence-electron chi connectivity index (χ3n) is 2.86. The van der Waals surface area contributed by atoms with Crippen LogP contribution in [-0.4, -0.2) is 0 Å². The van der Waals surface area contributed by atoms with Gasteiger partial charge in [-0.2, -0.15) is 0 Å². The van der Waals surface area contributed by atoms with Crippen LogP contribution in [0.5, 0.6) is 0 Å². The summed E-state index contributed by atoms with van der Waals surface area (Å²) in [6.45, 7) is 5.12. The molecule has 1 aromatic heterocycles.